The number of hydrogen-bond donors (Lipinski definition) is 1. The van der Waals surface area contributed by atoms with Crippen LogP contribution < -0.4 is 10.2 Å². The van der Waals surface area contributed by atoms with Crippen molar-refractivity contribution in [1.29, 1.82) is 0 Å². The van der Waals surface area contributed by atoms with Crippen LogP contribution in [0.15, 0.2) is 24.3 Å². The Morgan fingerprint density at radius 1 is 1.05 bits per heavy atom. The summed E-state index contributed by atoms with van der Waals surface area (Å²) >= 11 is 0. The van der Waals surface area contributed by atoms with Crippen LogP contribution in [0, 0.1) is 0 Å². The molecule has 0 aliphatic carbocycles. The molecule has 22 heavy (non-hydrogen) atoms. The van der Waals surface area contributed by atoms with Crippen molar-refractivity contribution >= 4 is 17.3 Å². The van der Waals surface area contributed by atoms with Crippen molar-refractivity contribution in [2.75, 3.05) is 56.2 Å². The number of benzene rings is 1. The van der Waals surface area contributed by atoms with Gasteiger partial charge < -0.3 is 19.9 Å². The van der Waals surface area contributed by atoms with Gasteiger partial charge in [-0.1, -0.05) is 12.1 Å². The van der Waals surface area contributed by atoms with Gasteiger partial charge in [-0.3, -0.25) is 4.79 Å². The second-order valence-electron chi connectivity index (χ2n) is 5.91. The SMILES string of the molecule is O=C(CNc1ccccc1N1CCCCC1)N1CCOCC1. The summed E-state index contributed by atoms with van der Waals surface area (Å²) in [4.78, 5) is 16.5. The molecule has 0 atom stereocenters. The first-order valence-corrected chi connectivity index (χ1v) is 8.28. The zero-order valence-corrected chi connectivity index (χ0v) is 13.1. The molecular formula is C17H25N3O2. The fourth-order valence-corrected chi connectivity index (χ4v) is 3.13. The summed E-state index contributed by atoms with van der Waals surface area (Å²) in [5, 5.41) is 3.33. The number of anilines is 2. The molecule has 0 radical (unpaired) electrons. The summed E-state index contributed by atoms with van der Waals surface area (Å²) < 4.78 is 5.29. The van der Waals surface area contributed by atoms with Crippen molar-refractivity contribution in [2.24, 2.45) is 0 Å². The second kappa shape index (κ2) is 7.49. The lowest BCUT2D eigenvalue weighted by molar-refractivity contribution is -0.133. The zero-order chi connectivity index (χ0) is 15.2. The molecule has 1 aromatic carbocycles. The van der Waals surface area contributed by atoms with E-state index in [1.807, 2.05) is 11.0 Å². The van der Waals surface area contributed by atoms with Crippen molar-refractivity contribution in [1.82, 2.24) is 4.90 Å². The summed E-state index contributed by atoms with van der Waals surface area (Å²) in [6, 6.07) is 8.30. The van der Waals surface area contributed by atoms with Crippen molar-refractivity contribution in [3.63, 3.8) is 0 Å². The van der Waals surface area contributed by atoms with Gasteiger partial charge >= 0.3 is 0 Å². The maximum absolute atomic E-state index is 12.3. The molecule has 2 fully saturated rings. The van der Waals surface area contributed by atoms with Crippen LogP contribution in [0.4, 0.5) is 11.4 Å². The quantitative estimate of drug-likeness (QED) is 0.923. The number of ether oxygens (including phenoxy) is 1. The van der Waals surface area contributed by atoms with Crippen LogP contribution in [0.25, 0.3) is 0 Å². The highest BCUT2D eigenvalue weighted by Crippen LogP contribution is 2.28. The lowest BCUT2D eigenvalue weighted by atomic mass is 10.1. The number of piperidine rings is 1. The van der Waals surface area contributed by atoms with Gasteiger partial charge in [-0.2, -0.15) is 0 Å². The molecular weight excluding hydrogens is 278 g/mol. The molecule has 1 N–H and O–H groups in total. The number of nitrogens with one attached hydrogen (secondary N) is 1. The van der Waals surface area contributed by atoms with Gasteiger partial charge in [0.15, 0.2) is 0 Å². The maximum Gasteiger partial charge on any atom is 0.242 e. The molecule has 0 bridgehead atoms. The molecule has 1 aromatic rings. The number of carbonyl (C=O) groups is 1. The van der Waals surface area contributed by atoms with Gasteiger partial charge in [0.1, 0.15) is 0 Å². The number of hydrogen-bond acceptors (Lipinski definition) is 4. The Hall–Kier alpha value is -1.75. The van der Waals surface area contributed by atoms with Gasteiger partial charge in [0, 0.05) is 26.2 Å². The van der Waals surface area contributed by atoms with Gasteiger partial charge in [-0.15, -0.1) is 0 Å². The normalized spacial score (nSPS) is 19.1. The summed E-state index contributed by atoms with van der Waals surface area (Å²) in [6.07, 6.45) is 3.82. The first-order chi connectivity index (χ1) is 10.8. The predicted molar refractivity (Wildman–Crippen MR) is 88.4 cm³/mol. The average Bonchev–Trinajstić information content (AvgIpc) is 2.61. The monoisotopic (exact) mass is 303 g/mol. The maximum atomic E-state index is 12.3. The van der Waals surface area contributed by atoms with Crippen LogP contribution in [-0.2, 0) is 9.53 Å². The van der Waals surface area contributed by atoms with E-state index in [-0.39, 0.29) is 5.91 Å². The number of para-hydroxylation sites is 2. The van der Waals surface area contributed by atoms with Crippen LogP contribution in [-0.4, -0.2) is 56.7 Å². The lowest BCUT2D eigenvalue weighted by Gasteiger charge is -2.31. The minimum Gasteiger partial charge on any atom is -0.378 e. The molecule has 3 rings (SSSR count). The number of morpholine rings is 1. The molecule has 120 valence electrons. The third-order valence-electron chi connectivity index (χ3n) is 4.39. The average molecular weight is 303 g/mol. The Labute approximate surface area is 132 Å². The Morgan fingerprint density at radius 2 is 1.77 bits per heavy atom. The molecule has 2 heterocycles. The molecule has 2 saturated heterocycles. The molecule has 0 unspecified atom stereocenters. The van der Waals surface area contributed by atoms with Crippen molar-refractivity contribution in [3.05, 3.63) is 24.3 Å². The minimum atomic E-state index is 0.150. The third kappa shape index (κ3) is 3.71. The summed E-state index contributed by atoms with van der Waals surface area (Å²) in [5.74, 6) is 0.150. The number of carbonyl (C=O) groups excluding carboxylic acids is 1. The van der Waals surface area contributed by atoms with Crippen molar-refractivity contribution in [3.8, 4) is 0 Å². The van der Waals surface area contributed by atoms with Gasteiger partial charge in [0.25, 0.3) is 0 Å². The van der Waals surface area contributed by atoms with E-state index in [0.29, 0.717) is 32.8 Å². The molecule has 5 nitrogen and oxygen atoms in total. The van der Waals surface area contributed by atoms with Crippen molar-refractivity contribution < 1.29 is 9.53 Å². The highest BCUT2D eigenvalue weighted by molar-refractivity contribution is 5.83. The smallest absolute Gasteiger partial charge is 0.242 e. The van der Waals surface area contributed by atoms with Crippen LogP contribution in [0.1, 0.15) is 19.3 Å². The van der Waals surface area contributed by atoms with Crippen LogP contribution in [0.2, 0.25) is 0 Å². The van der Waals surface area contributed by atoms with E-state index in [2.05, 4.69) is 28.4 Å². The van der Waals surface area contributed by atoms with Crippen LogP contribution in [0.3, 0.4) is 0 Å². The lowest BCUT2D eigenvalue weighted by Crippen LogP contribution is -2.43. The second-order valence-corrected chi connectivity index (χ2v) is 5.91. The zero-order valence-electron chi connectivity index (χ0n) is 13.1. The fourth-order valence-electron chi connectivity index (χ4n) is 3.13. The van der Waals surface area contributed by atoms with Gasteiger partial charge in [-0.05, 0) is 31.4 Å². The number of nitrogens with zero attached hydrogens (tertiary/aromatic N) is 2. The third-order valence-corrected chi connectivity index (χ3v) is 4.39. The van der Waals surface area contributed by atoms with E-state index in [0.717, 1.165) is 18.8 Å². The fraction of sp³-hybridized carbons (Fsp3) is 0.588. The highest BCUT2D eigenvalue weighted by Gasteiger charge is 2.18. The molecule has 0 aromatic heterocycles. The van der Waals surface area contributed by atoms with E-state index in [1.165, 1.54) is 24.9 Å². The molecule has 1 amide bonds. The Morgan fingerprint density at radius 3 is 2.55 bits per heavy atom. The largest absolute Gasteiger partial charge is 0.378 e. The highest BCUT2D eigenvalue weighted by atomic mass is 16.5. The summed E-state index contributed by atoms with van der Waals surface area (Å²) in [7, 11) is 0. The number of rotatable bonds is 4. The van der Waals surface area contributed by atoms with Gasteiger partial charge in [0.2, 0.25) is 5.91 Å². The van der Waals surface area contributed by atoms with E-state index in [4.69, 9.17) is 4.74 Å². The Bertz CT molecular complexity index is 494. The standard InChI is InChI=1S/C17H25N3O2/c21-17(20-10-12-22-13-11-20)14-18-15-6-2-3-7-16(15)19-8-4-1-5-9-19/h2-3,6-7,18H,1,4-5,8-14H2. The first kappa shape index (κ1) is 15.2. The number of amides is 1. The van der Waals surface area contributed by atoms with E-state index in [9.17, 15) is 4.79 Å². The van der Waals surface area contributed by atoms with Gasteiger partial charge in [-0.25, -0.2) is 0 Å². The van der Waals surface area contributed by atoms with E-state index < -0.39 is 0 Å². The minimum absolute atomic E-state index is 0.150. The van der Waals surface area contributed by atoms with E-state index in [1.54, 1.807) is 0 Å². The molecule has 2 aliphatic rings. The first-order valence-electron chi connectivity index (χ1n) is 8.28. The topological polar surface area (TPSA) is 44.8 Å². The van der Waals surface area contributed by atoms with Crippen LogP contribution >= 0.6 is 0 Å². The summed E-state index contributed by atoms with van der Waals surface area (Å²) in [6.45, 7) is 5.27. The molecule has 5 heteroatoms. The molecule has 0 saturated carbocycles. The Kier molecular flexibility index (Phi) is 5.16. The molecule has 0 spiro atoms. The van der Waals surface area contributed by atoms with Gasteiger partial charge in [0.05, 0.1) is 31.1 Å². The van der Waals surface area contributed by atoms with Crippen molar-refractivity contribution in [2.45, 2.75) is 19.3 Å². The Balaban J connectivity index is 1.60. The predicted octanol–water partition coefficient (Wildman–Crippen LogP) is 1.95. The van der Waals surface area contributed by atoms with E-state index >= 15 is 0 Å². The molecule has 2 aliphatic heterocycles. The summed E-state index contributed by atoms with van der Waals surface area (Å²) in [5.41, 5.74) is 2.28. The van der Waals surface area contributed by atoms with Crippen LogP contribution in [0.5, 0.6) is 0 Å².